The Bertz CT molecular complexity index is 1380. The summed E-state index contributed by atoms with van der Waals surface area (Å²) in [5, 5.41) is 12.9. The summed E-state index contributed by atoms with van der Waals surface area (Å²) in [5.41, 5.74) is 2.02. The molecule has 2 bridgehead atoms. The molecule has 1 unspecified atom stereocenters. The van der Waals surface area contributed by atoms with Gasteiger partial charge in [0.1, 0.15) is 11.9 Å². The molecule has 2 saturated carbocycles. The van der Waals surface area contributed by atoms with Gasteiger partial charge in [0, 0.05) is 30.6 Å². The van der Waals surface area contributed by atoms with E-state index in [1.807, 2.05) is 0 Å². The maximum Gasteiger partial charge on any atom is 0.226 e. The number of halogens is 1. The van der Waals surface area contributed by atoms with Gasteiger partial charge in [0.05, 0.1) is 23.7 Å². The summed E-state index contributed by atoms with van der Waals surface area (Å²) in [5.74, 6) is 2.18. The summed E-state index contributed by atoms with van der Waals surface area (Å²) in [4.78, 5) is 18.6. The Morgan fingerprint density at radius 1 is 1.07 bits per heavy atom. The van der Waals surface area contributed by atoms with Gasteiger partial charge in [-0.2, -0.15) is 0 Å². The molecule has 2 saturated heterocycles. The summed E-state index contributed by atoms with van der Waals surface area (Å²) >= 11 is 0. The first-order valence-electron chi connectivity index (χ1n) is 16.4. The Morgan fingerprint density at radius 2 is 1.90 bits per heavy atom. The summed E-state index contributed by atoms with van der Waals surface area (Å²) < 4.78 is 26.8. The molecule has 2 aromatic carbocycles. The van der Waals surface area contributed by atoms with Gasteiger partial charge >= 0.3 is 0 Å². The van der Waals surface area contributed by atoms with Gasteiger partial charge in [-0.15, -0.1) is 0 Å². The molecular formula is C35H43FN2O4. The van der Waals surface area contributed by atoms with Gasteiger partial charge in [0.2, 0.25) is 5.91 Å². The van der Waals surface area contributed by atoms with Crippen LogP contribution in [0.4, 0.5) is 4.39 Å². The van der Waals surface area contributed by atoms with E-state index in [0.717, 1.165) is 74.6 Å². The number of carbonyl (C=O) groups is 1. The van der Waals surface area contributed by atoms with Crippen LogP contribution in [0, 0.1) is 17.7 Å². The lowest BCUT2D eigenvalue weighted by atomic mass is 9.48. The number of aliphatic hydroxyl groups is 1. The minimum absolute atomic E-state index is 0.0738. The largest absolute Gasteiger partial charge is 0.490 e. The van der Waals surface area contributed by atoms with Crippen molar-refractivity contribution in [1.82, 2.24) is 9.80 Å². The highest BCUT2D eigenvalue weighted by atomic mass is 19.1. The van der Waals surface area contributed by atoms with Crippen LogP contribution in [-0.4, -0.2) is 70.8 Å². The van der Waals surface area contributed by atoms with Crippen LogP contribution in [0.1, 0.15) is 75.0 Å². The van der Waals surface area contributed by atoms with Crippen molar-refractivity contribution in [3.63, 3.8) is 0 Å². The second-order valence-corrected chi connectivity index (χ2v) is 13.9. The van der Waals surface area contributed by atoms with E-state index in [1.165, 1.54) is 36.1 Å². The molecule has 1 amide bonds. The highest BCUT2D eigenvalue weighted by Gasteiger charge is 2.73. The van der Waals surface area contributed by atoms with E-state index in [2.05, 4.69) is 28.9 Å². The fourth-order valence-electron chi connectivity index (χ4n) is 9.39. The lowest BCUT2D eigenvalue weighted by molar-refractivity contribution is -0.200. The molecule has 0 radical (unpaired) electrons. The zero-order valence-electron chi connectivity index (χ0n) is 24.7. The molecule has 7 heteroatoms. The third kappa shape index (κ3) is 3.91. The molecule has 1 N–H and O–H groups in total. The summed E-state index contributed by atoms with van der Waals surface area (Å²) in [6, 6.07) is 10.8. The number of ether oxygens (including phenoxy) is 2. The second-order valence-electron chi connectivity index (χ2n) is 13.9. The first-order valence-corrected chi connectivity index (χ1v) is 16.4. The average molecular weight is 575 g/mol. The molecule has 6 aliphatic rings. The van der Waals surface area contributed by atoms with Crippen LogP contribution in [-0.2, 0) is 23.1 Å². The van der Waals surface area contributed by atoms with Crippen molar-refractivity contribution in [3.8, 4) is 11.5 Å². The molecule has 0 aromatic heterocycles. The molecule has 3 aliphatic heterocycles. The van der Waals surface area contributed by atoms with E-state index in [1.54, 1.807) is 12.1 Å². The second kappa shape index (κ2) is 9.95. The van der Waals surface area contributed by atoms with E-state index >= 15 is 0 Å². The van der Waals surface area contributed by atoms with E-state index in [4.69, 9.17) is 9.47 Å². The fourth-order valence-corrected chi connectivity index (χ4v) is 9.39. The molecule has 1 spiro atoms. The predicted molar refractivity (Wildman–Crippen MR) is 157 cm³/mol. The van der Waals surface area contributed by atoms with Crippen molar-refractivity contribution in [2.75, 3.05) is 26.2 Å². The normalized spacial score (nSPS) is 34.8. The molecular weight excluding hydrogens is 531 g/mol. The minimum Gasteiger partial charge on any atom is -0.490 e. The third-order valence-electron chi connectivity index (χ3n) is 11.6. The van der Waals surface area contributed by atoms with Gasteiger partial charge in [0.25, 0.3) is 0 Å². The number of carbonyl (C=O) groups excluding carboxylic acids is 1. The molecule has 8 rings (SSSR count). The van der Waals surface area contributed by atoms with Gasteiger partial charge in [-0.05, 0) is 99.6 Å². The van der Waals surface area contributed by atoms with Crippen molar-refractivity contribution in [3.05, 3.63) is 58.9 Å². The number of unbranched alkanes of at least 4 members (excludes halogenated alkanes) is 1. The number of nitrogens with zero attached hydrogens (tertiary/aromatic N) is 2. The average Bonchev–Trinajstić information content (AvgIpc) is 3.63. The zero-order chi connectivity index (χ0) is 28.6. The lowest BCUT2D eigenvalue weighted by Crippen LogP contribution is -2.78. The van der Waals surface area contributed by atoms with Crippen molar-refractivity contribution in [2.45, 2.75) is 100 Å². The molecule has 3 aliphatic carbocycles. The summed E-state index contributed by atoms with van der Waals surface area (Å²) in [7, 11) is 0. The third-order valence-corrected chi connectivity index (χ3v) is 11.6. The molecule has 4 fully saturated rings. The molecule has 224 valence electrons. The maximum atomic E-state index is 14.0. The number of piperidine rings is 1. The Balaban J connectivity index is 1.15. The Morgan fingerprint density at radius 3 is 2.69 bits per heavy atom. The van der Waals surface area contributed by atoms with Crippen molar-refractivity contribution in [1.29, 1.82) is 0 Å². The number of likely N-dealkylation sites (tertiary alicyclic amines) is 2. The van der Waals surface area contributed by atoms with Crippen LogP contribution in [0.3, 0.4) is 0 Å². The Labute approximate surface area is 248 Å². The predicted octanol–water partition coefficient (Wildman–Crippen LogP) is 5.03. The molecule has 6 nitrogen and oxygen atoms in total. The van der Waals surface area contributed by atoms with E-state index in [9.17, 15) is 14.3 Å². The van der Waals surface area contributed by atoms with Crippen LogP contribution in [0.2, 0.25) is 0 Å². The van der Waals surface area contributed by atoms with Crippen molar-refractivity contribution < 1.29 is 23.8 Å². The van der Waals surface area contributed by atoms with Crippen LogP contribution in [0.5, 0.6) is 11.5 Å². The molecule has 3 heterocycles. The topological polar surface area (TPSA) is 62.2 Å². The maximum absolute atomic E-state index is 14.0. The Hall–Kier alpha value is -2.64. The summed E-state index contributed by atoms with van der Waals surface area (Å²) in [6.45, 7) is 5.54. The lowest BCUT2D eigenvalue weighted by Gasteiger charge is -2.64. The standard InChI is InChI=1S/C35H43FN2O4/c1-2-3-18-41-28-11-8-24-20-29-35(40)14-12-27(38-16-13-25(33(38)39)19-22-6-9-26(36)10-7-22)32-34(35,30(24)31(28)42-32)15-17-37(29)21-23-4-5-23/h6-11,23,25,27,29,32,40H,2-5,12-21H2,1H3/t25?,27-,29+,32-,34-,35+/m0/s1. The molecule has 42 heavy (non-hydrogen) atoms. The SMILES string of the molecule is CCCCOc1ccc2c3c1O[C@H]1[C@@H](N4CCC(Cc5ccc(F)cc5)C4=O)CC[C@@]4(O)[C@@H](C2)N(CC2CC2)CC[C@]314. The number of amides is 1. The number of rotatable bonds is 9. The van der Waals surface area contributed by atoms with Crippen LogP contribution >= 0.6 is 0 Å². The van der Waals surface area contributed by atoms with Crippen molar-refractivity contribution in [2.24, 2.45) is 11.8 Å². The fraction of sp³-hybridized carbons (Fsp3) is 0.629. The van der Waals surface area contributed by atoms with Gasteiger partial charge in [-0.3, -0.25) is 9.69 Å². The highest BCUT2D eigenvalue weighted by molar-refractivity contribution is 5.82. The minimum atomic E-state index is -0.891. The van der Waals surface area contributed by atoms with Gasteiger partial charge < -0.3 is 19.5 Å². The van der Waals surface area contributed by atoms with Gasteiger partial charge in [-0.1, -0.05) is 31.5 Å². The van der Waals surface area contributed by atoms with Gasteiger partial charge in [0.15, 0.2) is 11.5 Å². The number of benzene rings is 2. The van der Waals surface area contributed by atoms with Crippen LogP contribution < -0.4 is 9.47 Å². The van der Waals surface area contributed by atoms with Crippen LogP contribution in [0.25, 0.3) is 0 Å². The number of hydrogen-bond donors (Lipinski definition) is 1. The smallest absolute Gasteiger partial charge is 0.226 e. The Kier molecular flexibility index (Phi) is 6.38. The molecule has 6 atom stereocenters. The summed E-state index contributed by atoms with van der Waals surface area (Å²) in [6.07, 6.45) is 8.86. The van der Waals surface area contributed by atoms with E-state index in [-0.39, 0.29) is 35.8 Å². The highest BCUT2D eigenvalue weighted by Crippen LogP contribution is 2.66. The monoisotopic (exact) mass is 574 g/mol. The van der Waals surface area contributed by atoms with Crippen molar-refractivity contribution >= 4 is 5.91 Å². The molecule has 2 aromatic rings. The van der Waals surface area contributed by atoms with E-state index < -0.39 is 11.0 Å². The van der Waals surface area contributed by atoms with Crippen LogP contribution in [0.15, 0.2) is 36.4 Å². The zero-order valence-corrected chi connectivity index (χ0v) is 24.7. The number of hydrogen-bond acceptors (Lipinski definition) is 5. The van der Waals surface area contributed by atoms with Gasteiger partial charge in [-0.25, -0.2) is 4.39 Å². The quantitative estimate of drug-likeness (QED) is 0.426. The van der Waals surface area contributed by atoms with E-state index in [0.29, 0.717) is 26.0 Å². The first-order chi connectivity index (χ1) is 20.4. The first kappa shape index (κ1) is 26.9.